The molecule has 140 valence electrons. The first kappa shape index (κ1) is 17.7. The molecule has 2 heterocycles. The second kappa shape index (κ2) is 7.88. The standard InChI is InChI=1S/C21H24N4O2/c26-19-13-7-8-14-24(19)15-18-22-21(20(27)16-9-3-1-4-10-16)23-25(18)17-11-5-2-6-12-17/h1,3-4,7-10,13-14,17,20,27H,2,5-6,11-12,15H2. The largest absolute Gasteiger partial charge is 0.380 e. The van der Waals surface area contributed by atoms with Gasteiger partial charge in [-0.2, -0.15) is 5.10 Å². The van der Waals surface area contributed by atoms with Gasteiger partial charge < -0.3 is 9.67 Å². The van der Waals surface area contributed by atoms with E-state index in [-0.39, 0.29) is 11.6 Å². The number of hydrogen-bond donors (Lipinski definition) is 1. The zero-order valence-corrected chi connectivity index (χ0v) is 15.2. The average Bonchev–Trinajstić information content (AvgIpc) is 3.14. The van der Waals surface area contributed by atoms with E-state index in [1.54, 1.807) is 22.9 Å². The molecule has 4 rings (SSSR count). The summed E-state index contributed by atoms with van der Waals surface area (Å²) in [6.07, 6.45) is 6.59. The van der Waals surface area contributed by atoms with E-state index in [0.29, 0.717) is 12.4 Å². The van der Waals surface area contributed by atoms with Crippen LogP contribution < -0.4 is 5.56 Å². The van der Waals surface area contributed by atoms with Crippen molar-refractivity contribution in [3.63, 3.8) is 0 Å². The molecule has 0 spiro atoms. The van der Waals surface area contributed by atoms with Gasteiger partial charge in [0.05, 0.1) is 12.6 Å². The van der Waals surface area contributed by atoms with E-state index in [1.165, 1.54) is 19.3 Å². The van der Waals surface area contributed by atoms with Gasteiger partial charge in [0.1, 0.15) is 11.9 Å². The summed E-state index contributed by atoms with van der Waals surface area (Å²) in [6.45, 7) is 0.352. The van der Waals surface area contributed by atoms with Gasteiger partial charge in [-0.15, -0.1) is 0 Å². The van der Waals surface area contributed by atoms with Crippen molar-refractivity contribution in [1.82, 2.24) is 19.3 Å². The van der Waals surface area contributed by atoms with E-state index in [9.17, 15) is 9.90 Å². The van der Waals surface area contributed by atoms with Gasteiger partial charge in [0.25, 0.3) is 5.56 Å². The number of nitrogens with zero attached hydrogens (tertiary/aromatic N) is 4. The van der Waals surface area contributed by atoms with Crippen molar-refractivity contribution in [2.45, 2.75) is 50.8 Å². The smallest absolute Gasteiger partial charge is 0.250 e. The van der Waals surface area contributed by atoms with Crippen molar-refractivity contribution in [2.24, 2.45) is 0 Å². The highest BCUT2D eigenvalue weighted by molar-refractivity contribution is 5.22. The van der Waals surface area contributed by atoms with Crippen LogP contribution in [0, 0.1) is 0 Å². The first-order valence-electron chi connectivity index (χ1n) is 9.56. The fourth-order valence-corrected chi connectivity index (χ4v) is 3.74. The fraction of sp³-hybridized carbons (Fsp3) is 0.381. The molecule has 27 heavy (non-hydrogen) atoms. The van der Waals surface area contributed by atoms with Crippen molar-refractivity contribution in [2.75, 3.05) is 0 Å². The molecule has 1 aromatic carbocycles. The van der Waals surface area contributed by atoms with E-state index in [1.807, 2.05) is 41.1 Å². The van der Waals surface area contributed by atoms with Crippen molar-refractivity contribution >= 4 is 0 Å². The van der Waals surface area contributed by atoms with Gasteiger partial charge in [0.2, 0.25) is 0 Å². The van der Waals surface area contributed by atoms with E-state index in [4.69, 9.17) is 0 Å². The Labute approximate surface area is 158 Å². The fourth-order valence-electron chi connectivity index (χ4n) is 3.74. The van der Waals surface area contributed by atoms with Crippen LogP contribution in [0.15, 0.2) is 59.5 Å². The van der Waals surface area contributed by atoms with Gasteiger partial charge in [0.15, 0.2) is 5.82 Å². The highest BCUT2D eigenvalue weighted by atomic mass is 16.3. The van der Waals surface area contributed by atoms with E-state index in [0.717, 1.165) is 24.2 Å². The average molecular weight is 364 g/mol. The zero-order chi connectivity index (χ0) is 18.6. The third-order valence-corrected chi connectivity index (χ3v) is 5.21. The minimum atomic E-state index is -0.873. The molecule has 1 fully saturated rings. The number of rotatable bonds is 5. The molecule has 6 nitrogen and oxygen atoms in total. The molecule has 1 unspecified atom stereocenters. The van der Waals surface area contributed by atoms with Gasteiger partial charge in [-0.25, -0.2) is 9.67 Å². The van der Waals surface area contributed by atoms with Crippen LogP contribution in [0.25, 0.3) is 0 Å². The SMILES string of the molecule is O=c1ccccn1Cc1nc(C(O)c2ccccc2)nn1C1CCCCC1. The van der Waals surface area contributed by atoms with E-state index < -0.39 is 6.10 Å². The number of aliphatic hydroxyl groups is 1. The number of aliphatic hydroxyl groups excluding tert-OH is 1. The number of benzene rings is 1. The topological polar surface area (TPSA) is 72.9 Å². The van der Waals surface area contributed by atoms with Crippen molar-refractivity contribution in [3.8, 4) is 0 Å². The van der Waals surface area contributed by atoms with Crippen LogP contribution in [0.5, 0.6) is 0 Å². The predicted molar refractivity (Wildman–Crippen MR) is 102 cm³/mol. The Hall–Kier alpha value is -2.73. The maximum absolute atomic E-state index is 12.1. The third-order valence-electron chi connectivity index (χ3n) is 5.21. The van der Waals surface area contributed by atoms with Crippen LogP contribution in [-0.2, 0) is 6.54 Å². The van der Waals surface area contributed by atoms with Gasteiger partial charge >= 0.3 is 0 Å². The Kier molecular flexibility index (Phi) is 5.16. The van der Waals surface area contributed by atoms with Crippen molar-refractivity contribution in [1.29, 1.82) is 0 Å². The molecule has 1 saturated carbocycles. The van der Waals surface area contributed by atoms with Crippen molar-refractivity contribution in [3.05, 3.63) is 82.3 Å². The van der Waals surface area contributed by atoms with E-state index >= 15 is 0 Å². The molecule has 6 heteroatoms. The van der Waals surface area contributed by atoms with Crippen LogP contribution >= 0.6 is 0 Å². The van der Waals surface area contributed by atoms with Crippen LogP contribution in [0.4, 0.5) is 0 Å². The maximum Gasteiger partial charge on any atom is 0.250 e. The van der Waals surface area contributed by atoms with Gasteiger partial charge in [0, 0.05) is 12.3 Å². The second-order valence-electron chi connectivity index (χ2n) is 7.10. The highest BCUT2D eigenvalue weighted by Gasteiger charge is 2.24. The third kappa shape index (κ3) is 3.85. The summed E-state index contributed by atoms with van der Waals surface area (Å²) in [5.41, 5.74) is 0.697. The molecule has 2 aromatic heterocycles. The Morgan fingerprint density at radius 2 is 1.78 bits per heavy atom. The monoisotopic (exact) mass is 364 g/mol. The Bertz CT molecular complexity index is 942. The highest BCUT2D eigenvalue weighted by Crippen LogP contribution is 2.29. The first-order chi connectivity index (χ1) is 13.2. The molecule has 1 N–H and O–H groups in total. The number of pyridine rings is 1. The molecular weight excluding hydrogens is 340 g/mol. The summed E-state index contributed by atoms with van der Waals surface area (Å²) >= 11 is 0. The summed E-state index contributed by atoms with van der Waals surface area (Å²) in [7, 11) is 0. The quantitative estimate of drug-likeness (QED) is 0.755. The molecule has 0 amide bonds. The van der Waals surface area contributed by atoms with Crippen LogP contribution in [0.2, 0.25) is 0 Å². The molecular formula is C21H24N4O2. The second-order valence-corrected chi connectivity index (χ2v) is 7.10. The van der Waals surface area contributed by atoms with Gasteiger partial charge in [-0.05, 0) is 24.5 Å². The summed E-state index contributed by atoms with van der Waals surface area (Å²) < 4.78 is 3.57. The lowest BCUT2D eigenvalue weighted by atomic mass is 9.95. The van der Waals surface area contributed by atoms with Gasteiger partial charge in [-0.1, -0.05) is 55.7 Å². The Morgan fingerprint density at radius 3 is 2.52 bits per heavy atom. The molecule has 1 aliphatic carbocycles. The minimum Gasteiger partial charge on any atom is -0.380 e. The summed E-state index contributed by atoms with van der Waals surface area (Å²) in [4.78, 5) is 16.8. The van der Waals surface area contributed by atoms with Crippen molar-refractivity contribution < 1.29 is 5.11 Å². The summed E-state index contributed by atoms with van der Waals surface area (Å²) in [5, 5.41) is 15.4. The van der Waals surface area contributed by atoms with Gasteiger partial charge in [-0.3, -0.25) is 4.79 Å². The molecule has 0 aliphatic heterocycles. The zero-order valence-electron chi connectivity index (χ0n) is 15.2. The Morgan fingerprint density at radius 1 is 1.04 bits per heavy atom. The van der Waals surface area contributed by atoms with E-state index in [2.05, 4.69) is 10.1 Å². The normalized spacial score (nSPS) is 16.3. The lowest BCUT2D eigenvalue weighted by molar-refractivity contribution is 0.208. The molecule has 0 saturated heterocycles. The molecule has 1 aliphatic rings. The molecule has 0 bridgehead atoms. The summed E-state index contributed by atoms with van der Waals surface area (Å²) in [5.74, 6) is 1.12. The lowest BCUT2D eigenvalue weighted by Crippen LogP contribution is -2.23. The number of hydrogen-bond acceptors (Lipinski definition) is 4. The first-order valence-corrected chi connectivity index (χ1v) is 9.56. The Balaban J connectivity index is 1.70. The van der Waals surface area contributed by atoms with Crippen LogP contribution in [-0.4, -0.2) is 24.4 Å². The van der Waals surface area contributed by atoms with Crippen LogP contribution in [0.3, 0.4) is 0 Å². The molecule has 1 atom stereocenters. The predicted octanol–water partition coefficient (Wildman–Crippen LogP) is 3.08. The van der Waals surface area contributed by atoms with Crippen LogP contribution in [0.1, 0.15) is 61.5 Å². The summed E-state index contributed by atoms with van der Waals surface area (Å²) in [6, 6.07) is 14.8. The minimum absolute atomic E-state index is 0.0687. The maximum atomic E-state index is 12.1. The molecule has 0 radical (unpaired) electrons. The number of aromatic nitrogens is 4. The molecule has 3 aromatic rings. The lowest BCUT2D eigenvalue weighted by Gasteiger charge is -2.23.